The molecule has 0 bridgehead atoms. The predicted octanol–water partition coefficient (Wildman–Crippen LogP) is 6.66. The van der Waals surface area contributed by atoms with Crippen LogP contribution in [0.25, 0.3) is 11.1 Å². The first kappa shape index (κ1) is 17.0. The lowest BCUT2D eigenvalue weighted by Crippen LogP contribution is -2.54. The van der Waals surface area contributed by atoms with Crippen LogP contribution in [0.15, 0.2) is 78.9 Å². The molecule has 1 saturated carbocycles. The average Bonchev–Trinajstić information content (AvgIpc) is 3.09. The Morgan fingerprint density at radius 2 is 1.15 bits per heavy atom. The lowest BCUT2D eigenvalue weighted by Gasteiger charge is -2.44. The van der Waals surface area contributed by atoms with Crippen LogP contribution >= 0.6 is 0 Å². The summed E-state index contributed by atoms with van der Waals surface area (Å²) < 4.78 is 0. The van der Waals surface area contributed by atoms with Crippen molar-refractivity contribution in [2.75, 3.05) is 0 Å². The van der Waals surface area contributed by atoms with Crippen molar-refractivity contribution in [3.63, 3.8) is 0 Å². The molecule has 0 nitrogen and oxygen atoms in total. The highest BCUT2D eigenvalue weighted by atomic mass is 28.3. The Bertz CT molecular complexity index is 894. The normalized spacial score (nSPS) is 19.3. The van der Waals surface area contributed by atoms with Gasteiger partial charge in [0.1, 0.15) is 0 Å². The van der Waals surface area contributed by atoms with Gasteiger partial charge in [0.05, 0.1) is 8.07 Å². The summed E-state index contributed by atoms with van der Waals surface area (Å²) >= 11 is 0. The van der Waals surface area contributed by atoms with Gasteiger partial charge in [-0.3, -0.25) is 0 Å². The molecule has 1 fully saturated rings. The molecule has 3 aromatic rings. The van der Waals surface area contributed by atoms with Crippen LogP contribution in [-0.2, 0) is 0 Å². The first-order valence-electron chi connectivity index (χ1n) is 10.5. The molecule has 0 saturated heterocycles. The van der Waals surface area contributed by atoms with E-state index in [2.05, 4.69) is 85.4 Å². The topological polar surface area (TPSA) is 0 Å². The summed E-state index contributed by atoms with van der Waals surface area (Å²) in [7, 11) is -1.79. The van der Waals surface area contributed by atoms with Gasteiger partial charge < -0.3 is 0 Å². The molecule has 136 valence electrons. The van der Waals surface area contributed by atoms with Crippen LogP contribution in [0.3, 0.4) is 0 Å². The van der Waals surface area contributed by atoms with Gasteiger partial charge in [-0.05, 0) is 27.8 Å². The first-order chi connectivity index (χ1) is 13.3. The average molecular weight is 369 g/mol. The summed E-state index contributed by atoms with van der Waals surface area (Å²) in [5, 5.41) is 1.65. The quantitative estimate of drug-likeness (QED) is 0.454. The third-order valence-electron chi connectivity index (χ3n) is 7.28. The van der Waals surface area contributed by atoms with Gasteiger partial charge in [0, 0.05) is 5.54 Å². The van der Waals surface area contributed by atoms with Crippen LogP contribution in [0.1, 0.15) is 48.8 Å². The van der Waals surface area contributed by atoms with E-state index in [9.17, 15) is 0 Å². The second-order valence-electron chi connectivity index (χ2n) is 8.59. The van der Waals surface area contributed by atoms with Crippen LogP contribution in [-0.4, -0.2) is 8.07 Å². The Kier molecular flexibility index (Phi) is 4.28. The fourth-order valence-corrected chi connectivity index (χ4v) is 11.5. The molecule has 0 amide bonds. The summed E-state index contributed by atoms with van der Waals surface area (Å²) in [6.07, 6.45) is 7.08. The standard InChI is InChI=1S/C26H28Si/c1-27(20-12-4-2-5-13-20,21-14-6-3-7-15-21)26-24-18-10-8-16-22(24)23-17-9-11-19-25(23)26/h2,4-5,8-13,16-19,21,26H,3,6-7,14-15H2,1H3. The molecular weight excluding hydrogens is 340 g/mol. The van der Waals surface area contributed by atoms with Crippen molar-refractivity contribution < 1.29 is 0 Å². The Labute approximate surface area is 164 Å². The molecule has 1 heteroatoms. The van der Waals surface area contributed by atoms with Gasteiger partial charge in [-0.2, -0.15) is 0 Å². The van der Waals surface area contributed by atoms with E-state index in [-0.39, 0.29) is 0 Å². The maximum atomic E-state index is 2.70. The Hall–Kier alpha value is -2.12. The molecule has 1 unspecified atom stereocenters. The number of benzene rings is 3. The van der Waals surface area contributed by atoms with Gasteiger partial charge in [-0.25, -0.2) is 0 Å². The second-order valence-corrected chi connectivity index (χ2v) is 13.1. The summed E-state index contributed by atoms with van der Waals surface area (Å²) in [5.74, 6) is 0. The van der Waals surface area contributed by atoms with Crippen molar-refractivity contribution >= 4 is 13.3 Å². The van der Waals surface area contributed by atoms with E-state index < -0.39 is 8.07 Å². The lowest BCUT2D eigenvalue weighted by atomic mass is 10.0. The number of rotatable bonds is 3. The maximum Gasteiger partial charge on any atom is 0.0987 e. The van der Waals surface area contributed by atoms with E-state index in [4.69, 9.17) is 0 Å². The summed E-state index contributed by atoms with van der Waals surface area (Å²) in [4.78, 5) is 0. The highest BCUT2D eigenvalue weighted by molar-refractivity contribution is 6.93. The lowest BCUT2D eigenvalue weighted by molar-refractivity contribution is 0.491. The fraction of sp³-hybridized carbons (Fsp3) is 0.308. The molecule has 2 aliphatic carbocycles. The Morgan fingerprint density at radius 3 is 1.74 bits per heavy atom. The molecule has 0 aliphatic heterocycles. The number of fused-ring (bicyclic) bond motifs is 3. The molecule has 2 aliphatic rings. The minimum absolute atomic E-state index is 0.579. The van der Waals surface area contributed by atoms with Gasteiger partial charge in [-0.1, -0.05) is 123 Å². The molecule has 1 atom stereocenters. The van der Waals surface area contributed by atoms with Crippen LogP contribution in [0.4, 0.5) is 0 Å². The fourth-order valence-electron chi connectivity index (χ4n) is 5.94. The smallest absolute Gasteiger partial charge is 0.0643 e. The molecule has 3 aromatic carbocycles. The summed E-state index contributed by atoms with van der Waals surface area (Å²) in [5.41, 5.74) is 7.57. The molecule has 5 rings (SSSR count). The van der Waals surface area contributed by atoms with E-state index in [1.165, 1.54) is 43.2 Å². The van der Waals surface area contributed by atoms with Gasteiger partial charge in [0.25, 0.3) is 0 Å². The van der Waals surface area contributed by atoms with Crippen molar-refractivity contribution in [3.05, 3.63) is 90.0 Å². The molecule has 0 heterocycles. The van der Waals surface area contributed by atoms with Crippen molar-refractivity contribution in [1.82, 2.24) is 0 Å². The van der Waals surface area contributed by atoms with Crippen molar-refractivity contribution in [1.29, 1.82) is 0 Å². The van der Waals surface area contributed by atoms with Crippen LogP contribution in [0.5, 0.6) is 0 Å². The monoisotopic (exact) mass is 368 g/mol. The molecule has 0 spiro atoms. The SMILES string of the molecule is C[Si](c1ccccc1)(C1CCCCC1)C1c2ccccc2-c2ccccc21. The zero-order valence-corrected chi connectivity index (χ0v) is 17.2. The van der Waals surface area contributed by atoms with E-state index in [0.717, 1.165) is 5.54 Å². The third-order valence-corrected chi connectivity index (χ3v) is 13.0. The largest absolute Gasteiger partial charge is 0.0987 e. The van der Waals surface area contributed by atoms with Gasteiger partial charge in [0.2, 0.25) is 0 Å². The van der Waals surface area contributed by atoms with Crippen LogP contribution in [0, 0.1) is 0 Å². The first-order valence-corrected chi connectivity index (χ1v) is 13.2. The van der Waals surface area contributed by atoms with E-state index >= 15 is 0 Å². The summed E-state index contributed by atoms with van der Waals surface area (Å²) in [6, 6.07) is 30.0. The van der Waals surface area contributed by atoms with Crippen LogP contribution in [0.2, 0.25) is 12.1 Å². The van der Waals surface area contributed by atoms with Crippen molar-refractivity contribution in [2.24, 2.45) is 0 Å². The zero-order chi connectivity index (χ0) is 18.3. The number of hydrogen-bond donors (Lipinski definition) is 0. The minimum atomic E-state index is -1.79. The molecule has 0 radical (unpaired) electrons. The van der Waals surface area contributed by atoms with Gasteiger partial charge in [-0.15, -0.1) is 0 Å². The van der Waals surface area contributed by atoms with E-state index in [1.54, 1.807) is 16.3 Å². The maximum absolute atomic E-state index is 2.70. The second kappa shape index (κ2) is 6.80. The molecule has 0 aromatic heterocycles. The molecule has 27 heavy (non-hydrogen) atoms. The van der Waals surface area contributed by atoms with Crippen LogP contribution < -0.4 is 5.19 Å². The van der Waals surface area contributed by atoms with Crippen molar-refractivity contribution in [3.8, 4) is 11.1 Å². The molecule has 0 N–H and O–H groups in total. The predicted molar refractivity (Wildman–Crippen MR) is 118 cm³/mol. The molecular formula is C26H28Si. The Balaban J connectivity index is 1.75. The van der Waals surface area contributed by atoms with Gasteiger partial charge in [0.15, 0.2) is 0 Å². The summed E-state index contributed by atoms with van der Waals surface area (Å²) in [6.45, 7) is 2.70. The third kappa shape index (κ3) is 2.63. The number of hydrogen-bond acceptors (Lipinski definition) is 0. The van der Waals surface area contributed by atoms with E-state index in [1.807, 2.05) is 0 Å². The van der Waals surface area contributed by atoms with E-state index in [0.29, 0.717) is 5.54 Å². The van der Waals surface area contributed by atoms with Gasteiger partial charge >= 0.3 is 0 Å². The highest BCUT2D eigenvalue weighted by Gasteiger charge is 2.49. The Morgan fingerprint density at radius 1 is 0.630 bits per heavy atom. The highest BCUT2D eigenvalue weighted by Crippen LogP contribution is 2.53. The minimum Gasteiger partial charge on any atom is -0.0643 e. The van der Waals surface area contributed by atoms with Crippen molar-refractivity contribution in [2.45, 2.75) is 49.7 Å². The zero-order valence-electron chi connectivity index (χ0n) is 16.2.